The summed E-state index contributed by atoms with van der Waals surface area (Å²) in [4.78, 5) is 14.5. The van der Waals surface area contributed by atoms with E-state index in [0.29, 0.717) is 6.42 Å². The number of carbonyl (C=O) groups excluding carboxylic acids is 1. The molecule has 0 radical (unpaired) electrons. The average Bonchev–Trinajstić information content (AvgIpc) is 2.58. The van der Waals surface area contributed by atoms with Crippen molar-refractivity contribution in [2.75, 3.05) is 25.0 Å². The Morgan fingerprint density at radius 3 is 2.31 bits per heavy atom. The zero-order valence-corrected chi connectivity index (χ0v) is 17.5. The normalized spacial score (nSPS) is 15.0. The van der Waals surface area contributed by atoms with Crippen LogP contribution in [0, 0.1) is 5.92 Å². The van der Waals surface area contributed by atoms with E-state index >= 15 is 0 Å². The third-order valence-electron chi connectivity index (χ3n) is 4.88. The summed E-state index contributed by atoms with van der Waals surface area (Å²) in [5.74, 6) is 0.981. The van der Waals surface area contributed by atoms with E-state index < -0.39 is 0 Å². The first-order valence-electron chi connectivity index (χ1n) is 9.48. The number of hydrogen-bond acceptors (Lipinski definition) is 3. The Bertz CT molecular complexity index is 488. The van der Waals surface area contributed by atoms with Gasteiger partial charge in [-0.25, -0.2) is 0 Å². The number of amides is 1. The van der Waals surface area contributed by atoms with Crippen molar-refractivity contribution < 1.29 is 4.79 Å². The highest BCUT2D eigenvalue weighted by Crippen LogP contribution is 2.19. The lowest BCUT2D eigenvalue weighted by Crippen LogP contribution is -2.32. The Morgan fingerprint density at radius 1 is 1.08 bits per heavy atom. The molecule has 0 atom stereocenters. The fraction of sp³-hybridized carbons (Fsp3) is 0.650. The van der Waals surface area contributed by atoms with Crippen LogP contribution in [0.2, 0.25) is 0 Å². The van der Waals surface area contributed by atoms with E-state index in [1.807, 2.05) is 12.1 Å². The lowest BCUT2D eigenvalue weighted by Gasteiger charge is -2.30. The van der Waals surface area contributed by atoms with Crippen molar-refractivity contribution in [3.63, 3.8) is 0 Å². The molecule has 1 saturated heterocycles. The van der Waals surface area contributed by atoms with Crippen LogP contribution in [0.4, 0.5) is 5.69 Å². The van der Waals surface area contributed by atoms with E-state index in [2.05, 4.69) is 29.3 Å². The number of nitrogens with one attached hydrogen (secondary N) is 1. The molecule has 26 heavy (non-hydrogen) atoms. The molecule has 3 N–H and O–H groups in total. The summed E-state index contributed by atoms with van der Waals surface area (Å²) < 4.78 is 0. The molecule has 1 aliphatic heterocycles. The molecule has 2 rings (SSSR count). The van der Waals surface area contributed by atoms with Gasteiger partial charge in [0.1, 0.15) is 0 Å². The van der Waals surface area contributed by atoms with Crippen molar-refractivity contribution in [2.24, 2.45) is 11.7 Å². The van der Waals surface area contributed by atoms with Crippen molar-refractivity contribution in [3.05, 3.63) is 29.8 Å². The molecular weight excluding hydrogens is 369 g/mol. The first-order chi connectivity index (χ1) is 11.7. The van der Waals surface area contributed by atoms with Gasteiger partial charge in [-0.2, -0.15) is 0 Å². The van der Waals surface area contributed by atoms with Gasteiger partial charge in [0.05, 0.1) is 0 Å². The van der Waals surface area contributed by atoms with Gasteiger partial charge in [-0.1, -0.05) is 31.9 Å². The molecule has 4 nitrogen and oxygen atoms in total. The maximum absolute atomic E-state index is 11.9. The van der Waals surface area contributed by atoms with Gasteiger partial charge < -0.3 is 11.1 Å². The third kappa shape index (κ3) is 9.77. The highest BCUT2D eigenvalue weighted by molar-refractivity contribution is 5.90. The van der Waals surface area contributed by atoms with Crippen molar-refractivity contribution in [2.45, 2.75) is 58.4 Å². The minimum absolute atomic E-state index is 0. The summed E-state index contributed by atoms with van der Waals surface area (Å²) in [6, 6.07) is 8.31. The van der Waals surface area contributed by atoms with Gasteiger partial charge in [-0.3, -0.25) is 9.69 Å². The van der Waals surface area contributed by atoms with Gasteiger partial charge in [-0.05, 0) is 68.9 Å². The van der Waals surface area contributed by atoms with Crippen LogP contribution in [0.5, 0.6) is 0 Å². The molecule has 0 saturated carbocycles. The van der Waals surface area contributed by atoms with E-state index in [0.717, 1.165) is 50.4 Å². The SMILES string of the molecule is CC1CCN(Cc2ccc(NC(=O)CCCCCCN)cc2)CC1.Cl.Cl. The quantitative estimate of drug-likeness (QED) is 0.591. The van der Waals surface area contributed by atoms with Gasteiger partial charge in [0, 0.05) is 18.7 Å². The number of halogens is 2. The zero-order chi connectivity index (χ0) is 17.2. The number of anilines is 1. The number of likely N-dealkylation sites (tertiary alicyclic amines) is 1. The lowest BCUT2D eigenvalue weighted by atomic mass is 9.99. The van der Waals surface area contributed by atoms with Crippen LogP contribution in [0.1, 0.15) is 57.4 Å². The van der Waals surface area contributed by atoms with Crippen LogP contribution in [0.15, 0.2) is 24.3 Å². The number of nitrogens with two attached hydrogens (primary N) is 1. The van der Waals surface area contributed by atoms with Crippen LogP contribution >= 0.6 is 24.8 Å². The maximum atomic E-state index is 11.9. The third-order valence-corrected chi connectivity index (χ3v) is 4.88. The Labute approximate surface area is 171 Å². The molecule has 0 unspecified atom stereocenters. The number of unbranched alkanes of at least 4 members (excludes halogenated alkanes) is 3. The molecule has 0 aliphatic carbocycles. The Hall–Kier alpha value is -0.810. The van der Waals surface area contributed by atoms with E-state index in [-0.39, 0.29) is 30.7 Å². The van der Waals surface area contributed by atoms with Gasteiger partial charge in [0.2, 0.25) is 5.91 Å². The molecule has 1 fully saturated rings. The van der Waals surface area contributed by atoms with E-state index in [4.69, 9.17) is 5.73 Å². The number of nitrogens with zero attached hydrogens (tertiary/aromatic N) is 1. The summed E-state index contributed by atoms with van der Waals surface area (Å²) >= 11 is 0. The Kier molecular flexibility index (Phi) is 13.8. The fourth-order valence-corrected chi connectivity index (χ4v) is 3.18. The van der Waals surface area contributed by atoms with Crippen molar-refractivity contribution in [1.29, 1.82) is 0 Å². The summed E-state index contributed by atoms with van der Waals surface area (Å²) in [7, 11) is 0. The molecule has 1 aliphatic rings. The van der Waals surface area contributed by atoms with Gasteiger partial charge in [0.25, 0.3) is 0 Å². The van der Waals surface area contributed by atoms with E-state index in [1.165, 1.54) is 31.5 Å². The average molecular weight is 404 g/mol. The smallest absolute Gasteiger partial charge is 0.224 e. The number of carbonyl (C=O) groups is 1. The topological polar surface area (TPSA) is 58.4 Å². The molecule has 1 aromatic rings. The van der Waals surface area contributed by atoms with Crippen LogP contribution in [-0.2, 0) is 11.3 Å². The highest BCUT2D eigenvalue weighted by atomic mass is 35.5. The van der Waals surface area contributed by atoms with Crippen molar-refractivity contribution in [3.8, 4) is 0 Å². The second-order valence-electron chi connectivity index (χ2n) is 7.16. The highest BCUT2D eigenvalue weighted by Gasteiger charge is 2.15. The number of rotatable bonds is 9. The summed E-state index contributed by atoms with van der Waals surface area (Å²) in [5.41, 5.74) is 7.69. The number of benzene rings is 1. The van der Waals surface area contributed by atoms with Gasteiger partial charge in [-0.15, -0.1) is 24.8 Å². The molecule has 1 heterocycles. The van der Waals surface area contributed by atoms with Crippen molar-refractivity contribution in [1.82, 2.24) is 4.90 Å². The molecule has 0 bridgehead atoms. The standard InChI is InChI=1S/C20H33N3O.2ClH/c1-17-11-14-23(15-12-17)16-18-7-9-19(10-8-18)22-20(24)6-4-2-3-5-13-21;;/h7-10,17H,2-6,11-16,21H2,1H3,(H,22,24);2*1H. The first kappa shape index (κ1) is 25.2. The van der Waals surface area contributed by atoms with Crippen LogP contribution in [0.3, 0.4) is 0 Å². The maximum Gasteiger partial charge on any atom is 0.224 e. The first-order valence-corrected chi connectivity index (χ1v) is 9.48. The predicted molar refractivity (Wildman–Crippen MR) is 115 cm³/mol. The molecule has 150 valence electrons. The predicted octanol–water partition coefficient (Wildman–Crippen LogP) is 4.61. The molecule has 0 spiro atoms. The van der Waals surface area contributed by atoms with Gasteiger partial charge in [0.15, 0.2) is 0 Å². The van der Waals surface area contributed by atoms with Crippen LogP contribution in [0.25, 0.3) is 0 Å². The second kappa shape index (κ2) is 14.3. The molecule has 0 aromatic heterocycles. The second-order valence-corrected chi connectivity index (χ2v) is 7.16. The monoisotopic (exact) mass is 403 g/mol. The van der Waals surface area contributed by atoms with Crippen LogP contribution < -0.4 is 11.1 Å². The molecule has 6 heteroatoms. The molecule has 1 aromatic carbocycles. The Morgan fingerprint density at radius 2 is 1.69 bits per heavy atom. The Balaban J connectivity index is 0.00000312. The van der Waals surface area contributed by atoms with Gasteiger partial charge >= 0.3 is 0 Å². The summed E-state index contributed by atoms with van der Waals surface area (Å²) in [6.45, 7) is 6.50. The van der Waals surface area contributed by atoms with Crippen molar-refractivity contribution >= 4 is 36.4 Å². The number of hydrogen-bond donors (Lipinski definition) is 2. The van der Waals surface area contributed by atoms with E-state index in [1.54, 1.807) is 0 Å². The molecule has 1 amide bonds. The van der Waals surface area contributed by atoms with Crippen LogP contribution in [-0.4, -0.2) is 30.4 Å². The zero-order valence-electron chi connectivity index (χ0n) is 15.9. The summed E-state index contributed by atoms with van der Waals surface area (Å²) in [5, 5.41) is 2.99. The summed E-state index contributed by atoms with van der Waals surface area (Å²) in [6.07, 6.45) is 7.40. The van der Waals surface area contributed by atoms with E-state index in [9.17, 15) is 4.79 Å². The minimum Gasteiger partial charge on any atom is -0.330 e. The molecular formula is C20H35Cl2N3O. The minimum atomic E-state index is 0. The lowest BCUT2D eigenvalue weighted by molar-refractivity contribution is -0.116. The fourth-order valence-electron chi connectivity index (χ4n) is 3.18. The number of piperidine rings is 1. The largest absolute Gasteiger partial charge is 0.330 e.